The van der Waals surface area contributed by atoms with Gasteiger partial charge in [0.2, 0.25) is 6.41 Å². The van der Waals surface area contributed by atoms with Gasteiger partial charge in [0.25, 0.3) is 0 Å². The van der Waals surface area contributed by atoms with Crippen molar-refractivity contribution in [1.29, 1.82) is 0 Å². The van der Waals surface area contributed by atoms with E-state index in [1.165, 1.54) is 55.2 Å². The molecule has 0 aliphatic carbocycles. The van der Waals surface area contributed by atoms with Gasteiger partial charge in [-0.3, -0.25) is 4.79 Å². The number of thiophene rings is 1. The molecular weight excluding hydrogens is 354 g/mol. The SMILES string of the molecule is C=C(N)c1cc2ccccc2s1.CC(C)CCCC1CCCCN1.NC=O. The highest BCUT2D eigenvalue weighted by Crippen LogP contribution is 2.27. The molecule has 27 heavy (non-hydrogen) atoms. The van der Waals surface area contributed by atoms with Crippen molar-refractivity contribution >= 4 is 33.5 Å². The van der Waals surface area contributed by atoms with Crippen LogP contribution in [0.1, 0.15) is 57.2 Å². The summed E-state index contributed by atoms with van der Waals surface area (Å²) in [5.74, 6) is 0.883. The van der Waals surface area contributed by atoms with Crippen LogP contribution >= 0.6 is 11.3 Å². The van der Waals surface area contributed by atoms with E-state index in [-0.39, 0.29) is 6.41 Å². The van der Waals surface area contributed by atoms with E-state index in [1.54, 1.807) is 11.3 Å². The molecule has 2 aromatic rings. The fourth-order valence-electron chi connectivity index (χ4n) is 3.08. The number of hydrogen-bond donors (Lipinski definition) is 3. The Bertz CT molecular complexity index is 642. The molecule has 0 spiro atoms. The van der Waals surface area contributed by atoms with Crippen LogP contribution in [0.15, 0.2) is 36.9 Å². The van der Waals surface area contributed by atoms with Gasteiger partial charge in [0.15, 0.2) is 0 Å². The normalized spacial score (nSPS) is 16.0. The predicted molar refractivity (Wildman–Crippen MR) is 120 cm³/mol. The van der Waals surface area contributed by atoms with E-state index in [2.05, 4.69) is 49.7 Å². The number of rotatable bonds is 5. The molecule has 3 rings (SSSR count). The number of fused-ring (bicyclic) bond motifs is 1. The Kier molecular flexibility index (Phi) is 11.5. The van der Waals surface area contributed by atoms with Gasteiger partial charge in [-0.1, -0.05) is 57.9 Å². The minimum atomic E-state index is 0.250. The lowest BCUT2D eigenvalue weighted by Gasteiger charge is -2.23. The van der Waals surface area contributed by atoms with Gasteiger partial charge in [0.05, 0.1) is 4.88 Å². The second kappa shape index (κ2) is 13.3. The molecule has 1 aromatic heterocycles. The van der Waals surface area contributed by atoms with Crippen molar-refractivity contribution in [1.82, 2.24) is 5.32 Å². The summed E-state index contributed by atoms with van der Waals surface area (Å²) in [5, 5.41) is 4.83. The first-order valence-corrected chi connectivity index (χ1v) is 10.6. The van der Waals surface area contributed by atoms with Crippen LogP contribution in [0.25, 0.3) is 15.8 Å². The van der Waals surface area contributed by atoms with Crippen LogP contribution in [0.3, 0.4) is 0 Å². The van der Waals surface area contributed by atoms with E-state index < -0.39 is 0 Å². The standard InChI is InChI=1S/C11H23N.C10H9NS.CH3NO/c1-10(2)6-5-8-11-7-3-4-9-12-11;1-7(11)10-6-8-4-2-3-5-9(8)12-10;2-1-3/h10-12H,3-9H2,1-2H3;2-6H,1,11H2;1H,(H2,2,3). The molecule has 4 nitrogen and oxygen atoms in total. The van der Waals surface area contributed by atoms with Crippen LogP contribution < -0.4 is 16.8 Å². The molecule has 0 bridgehead atoms. The van der Waals surface area contributed by atoms with Gasteiger partial charge in [0, 0.05) is 16.4 Å². The third-order valence-corrected chi connectivity index (χ3v) is 5.68. The average molecular weight is 390 g/mol. The van der Waals surface area contributed by atoms with Gasteiger partial charge in [0.1, 0.15) is 0 Å². The van der Waals surface area contributed by atoms with E-state index in [9.17, 15) is 0 Å². The first kappa shape index (κ1) is 23.2. The maximum Gasteiger partial charge on any atom is 0.204 e. The number of nitrogens with two attached hydrogens (primary N) is 2. The average Bonchev–Trinajstić information content (AvgIpc) is 3.08. The number of nitrogens with one attached hydrogen (secondary N) is 1. The largest absolute Gasteiger partial charge is 0.398 e. The number of benzene rings is 1. The molecule has 1 saturated heterocycles. The smallest absolute Gasteiger partial charge is 0.204 e. The summed E-state index contributed by atoms with van der Waals surface area (Å²) in [7, 11) is 0. The molecular formula is C22H35N3OS. The first-order chi connectivity index (χ1) is 13.0. The molecule has 1 fully saturated rings. The summed E-state index contributed by atoms with van der Waals surface area (Å²) < 4.78 is 1.26. The van der Waals surface area contributed by atoms with Crippen LogP contribution in [0.5, 0.6) is 0 Å². The summed E-state index contributed by atoms with van der Waals surface area (Å²) in [6, 6.07) is 11.1. The van der Waals surface area contributed by atoms with Crippen molar-refractivity contribution in [3.05, 3.63) is 41.8 Å². The van der Waals surface area contributed by atoms with Crippen LogP contribution in [0.4, 0.5) is 0 Å². The summed E-state index contributed by atoms with van der Waals surface area (Å²) in [4.78, 5) is 9.65. The number of carbonyl (C=O) groups is 1. The molecule has 0 saturated carbocycles. The maximum absolute atomic E-state index is 8.58. The molecule has 1 aliphatic rings. The van der Waals surface area contributed by atoms with E-state index in [0.29, 0.717) is 5.70 Å². The molecule has 1 aliphatic heterocycles. The second-order valence-electron chi connectivity index (χ2n) is 7.28. The van der Waals surface area contributed by atoms with Gasteiger partial charge >= 0.3 is 0 Å². The van der Waals surface area contributed by atoms with E-state index in [0.717, 1.165) is 16.8 Å². The highest BCUT2D eigenvalue weighted by atomic mass is 32.1. The Morgan fingerprint density at radius 1 is 1.37 bits per heavy atom. The fraction of sp³-hybridized carbons (Fsp3) is 0.500. The summed E-state index contributed by atoms with van der Waals surface area (Å²) in [6.07, 6.45) is 8.71. The van der Waals surface area contributed by atoms with Gasteiger partial charge in [-0.2, -0.15) is 0 Å². The Hall–Kier alpha value is -1.85. The zero-order valence-corrected chi connectivity index (χ0v) is 17.6. The van der Waals surface area contributed by atoms with Gasteiger partial charge in [-0.15, -0.1) is 11.3 Å². The Morgan fingerprint density at radius 3 is 2.63 bits per heavy atom. The third kappa shape index (κ3) is 9.59. The van der Waals surface area contributed by atoms with Crippen LogP contribution in [0, 0.1) is 5.92 Å². The van der Waals surface area contributed by atoms with Crippen molar-refractivity contribution in [3.63, 3.8) is 0 Å². The number of amides is 1. The van der Waals surface area contributed by atoms with Crippen molar-refractivity contribution in [2.24, 2.45) is 17.4 Å². The quantitative estimate of drug-likeness (QED) is 0.637. The zero-order chi connectivity index (χ0) is 20.1. The van der Waals surface area contributed by atoms with Crippen molar-refractivity contribution < 1.29 is 4.79 Å². The summed E-state index contributed by atoms with van der Waals surface area (Å²) in [6.45, 7) is 9.59. The highest BCUT2D eigenvalue weighted by molar-refractivity contribution is 7.20. The number of primary amides is 1. The monoisotopic (exact) mass is 389 g/mol. The topological polar surface area (TPSA) is 81.1 Å². The van der Waals surface area contributed by atoms with Crippen LogP contribution in [-0.2, 0) is 4.79 Å². The number of piperidine rings is 1. The summed E-state index contributed by atoms with van der Waals surface area (Å²) >= 11 is 1.68. The number of hydrogen-bond acceptors (Lipinski definition) is 4. The summed E-state index contributed by atoms with van der Waals surface area (Å²) in [5.41, 5.74) is 10.4. The van der Waals surface area contributed by atoms with Crippen molar-refractivity contribution in [3.8, 4) is 0 Å². The van der Waals surface area contributed by atoms with Crippen molar-refractivity contribution in [2.75, 3.05) is 6.54 Å². The minimum absolute atomic E-state index is 0.250. The molecule has 0 radical (unpaired) electrons. The fourth-order valence-corrected chi connectivity index (χ4v) is 4.03. The zero-order valence-electron chi connectivity index (χ0n) is 16.7. The lowest BCUT2D eigenvalue weighted by atomic mass is 9.97. The van der Waals surface area contributed by atoms with Gasteiger partial charge in [-0.05, 0) is 49.2 Å². The molecule has 1 aromatic carbocycles. The molecule has 5 N–H and O–H groups in total. The van der Waals surface area contributed by atoms with E-state index in [4.69, 9.17) is 10.5 Å². The highest BCUT2D eigenvalue weighted by Gasteiger charge is 2.11. The molecule has 150 valence electrons. The van der Waals surface area contributed by atoms with Crippen LogP contribution in [-0.4, -0.2) is 19.0 Å². The second-order valence-corrected chi connectivity index (χ2v) is 8.37. The maximum atomic E-state index is 8.58. The van der Waals surface area contributed by atoms with Gasteiger partial charge in [-0.25, -0.2) is 0 Å². The molecule has 1 unspecified atom stereocenters. The van der Waals surface area contributed by atoms with E-state index >= 15 is 0 Å². The minimum Gasteiger partial charge on any atom is -0.398 e. The molecule has 2 heterocycles. The Balaban J connectivity index is 0.000000236. The van der Waals surface area contributed by atoms with Crippen molar-refractivity contribution in [2.45, 2.75) is 58.4 Å². The van der Waals surface area contributed by atoms with Gasteiger partial charge < -0.3 is 16.8 Å². The Morgan fingerprint density at radius 2 is 2.07 bits per heavy atom. The van der Waals surface area contributed by atoms with E-state index in [1.807, 2.05) is 12.1 Å². The lowest BCUT2D eigenvalue weighted by molar-refractivity contribution is -0.106. The van der Waals surface area contributed by atoms with Crippen LogP contribution in [0.2, 0.25) is 0 Å². The Labute approximate surface area is 168 Å². The molecule has 5 heteroatoms. The first-order valence-electron chi connectivity index (χ1n) is 9.80. The number of carbonyl (C=O) groups excluding carboxylic acids is 1. The lowest BCUT2D eigenvalue weighted by Crippen LogP contribution is -2.33. The molecule has 1 amide bonds. The predicted octanol–water partition coefficient (Wildman–Crippen LogP) is 4.89. The molecule has 1 atom stereocenters. The third-order valence-electron chi connectivity index (χ3n) is 4.49.